The van der Waals surface area contributed by atoms with E-state index in [0.29, 0.717) is 19.5 Å². The smallest absolute Gasteiger partial charge is 0.332 e. The minimum atomic E-state index is -0.939. The van der Waals surface area contributed by atoms with Gasteiger partial charge < -0.3 is 15.0 Å². The van der Waals surface area contributed by atoms with Crippen molar-refractivity contribution in [1.82, 2.24) is 10.2 Å². The minimum Gasteiger partial charge on any atom is -0.479 e. The molecule has 2 unspecified atom stereocenters. The van der Waals surface area contributed by atoms with Crippen LogP contribution in [-0.4, -0.2) is 41.4 Å². The SMILES string of the molecule is CC(Oc1cc(N2C(=O)C3CCCCN3C2=O)c(F)cc1Cl)C(=O)NCc1ccccc1. The monoisotopic (exact) mass is 459 g/mol. The first-order valence-corrected chi connectivity index (χ1v) is 10.9. The molecule has 32 heavy (non-hydrogen) atoms. The quantitative estimate of drug-likeness (QED) is 0.665. The van der Waals surface area contributed by atoms with E-state index in [9.17, 15) is 18.8 Å². The van der Waals surface area contributed by atoms with Crippen molar-refractivity contribution in [2.75, 3.05) is 11.4 Å². The van der Waals surface area contributed by atoms with Crippen LogP contribution in [0.4, 0.5) is 14.9 Å². The molecule has 0 radical (unpaired) electrons. The van der Waals surface area contributed by atoms with Gasteiger partial charge in [0.2, 0.25) is 0 Å². The summed E-state index contributed by atoms with van der Waals surface area (Å²) in [5, 5.41) is 2.70. The maximum atomic E-state index is 14.7. The first-order chi connectivity index (χ1) is 15.4. The van der Waals surface area contributed by atoms with Crippen molar-refractivity contribution in [3.63, 3.8) is 0 Å². The average Bonchev–Trinajstić information content (AvgIpc) is 3.05. The number of nitrogens with zero attached hydrogens (tertiary/aromatic N) is 2. The van der Waals surface area contributed by atoms with Crippen molar-refractivity contribution in [3.05, 3.63) is 58.9 Å². The van der Waals surface area contributed by atoms with Crippen LogP contribution in [0.3, 0.4) is 0 Å². The summed E-state index contributed by atoms with van der Waals surface area (Å²) in [4.78, 5) is 40.3. The molecule has 4 rings (SSSR count). The van der Waals surface area contributed by atoms with Crippen LogP contribution >= 0.6 is 11.6 Å². The molecule has 9 heteroatoms. The molecule has 2 saturated heterocycles. The fraction of sp³-hybridized carbons (Fsp3) is 0.348. The van der Waals surface area contributed by atoms with E-state index in [1.54, 1.807) is 0 Å². The highest BCUT2D eigenvalue weighted by molar-refractivity contribution is 6.32. The number of fused-ring (bicyclic) bond motifs is 1. The second-order valence-electron chi connectivity index (χ2n) is 7.86. The molecule has 4 amide bonds. The Hall–Kier alpha value is -3.13. The van der Waals surface area contributed by atoms with Crippen molar-refractivity contribution < 1.29 is 23.5 Å². The molecule has 0 bridgehead atoms. The zero-order chi connectivity index (χ0) is 22.8. The number of piperidine rings is 1. The molecular weight excluding hydrogens is 437 g/mol. The van der Waals surface area contributed by atoms with Gasteiger partial charge in [-0.25, -0.2) is 14.1 Å². The highest BCUT2D eigenvalue weighted by Crippen LogP contribution is 2.37. The molecule has 2 aromatic carbocycles. The second-order valence-corrected chi connectivity index (χ2v) is 8.27. The molecule has 2 heterocycles. The minimum absolute atomic E-state index is 0.0101. The normalized spacial score (nSPS) is 19.0. The number of carbonyl (C=O) groups excluding carboxylic acids is 3. The summed E-state index contributed by atoms with van der Waals surface area (Å²) in [6.07, 6.45) is 1.25. The van der Waals surface area contributed by atoms with Crippen LogP contribution in [0.5, 0.6) is 5.75 Å². The Balaban J connectivity index is 1.50. The Labute approximate surface area is 190 Å². The first-order valence-electron chi connectivity index (χ1n) is 10.5. The fourth-order valence-electron chi connectivity index (χ4n) is 3.96. The van der Waals surface area contributed by atoms with E-state index in [1.807, 2.05) is 30.3 Å². The van der Waals surface area contributed by atoms with Crippen LogP contribution in [0.15, 0.2) is 42.5 Å². The standard InChI is InChI=1S/C23H23ClFN3O4/c1-14(21(29)26-13-15-7-3-2-4-8-15)32-20-12-19(17(25)11-16(20)24)28-22(30)18-9-5-6-10-27(18)23(28)31/h2-4,7-8,11-12,14,18H,5-6,9-10,13H2,1H3,(H,26,29). The van der Waals surface area contributed by atoms with Gasteiger partial charge >= 0.3 is 6.03 Å². The van der Waals surface area contributed by atoms with Crippen molar-refractivity contribution in [1.29, 1.82) is 0 Å². The molecule has 0 aliphatic carbocycles. The zero-order valence-corrected chi connectivity index (χ0v) is 18.3. The van der Waals surface area contributed by atoms with Gasteiger partial charge in [0.05, 0.1) is 10.7 Å². The van der Waals surface area contributed by atoms with Crippen LogP contribution in [0.2, 0.25) is 5.02 Å². The third-order valence-electron chi connectivity index (χ3n) is 5.67. The Kier molecular flexibility index (Phi) is 6.32. The van der Waals surface area contributed by atoms with E-state index < -0.39 is 29.9 Å². The number of anilines is 1. The number of hydrogen-bond donors (Lipinski definition) is 1. The summed E-state index contributed by atoms with van der Waals surface area (Å²) < 4.78 is 20.4. The van der Waals surface area contributed by atoms with Crippen LogP contribution in [0.1, 0.15) is 31.7 Å². The number of imide groups is 1. The Morgan fingerprint density at radius 2 is 2.00 bits per heavy atom. The van der Waals surface area contributed by atoms with Gasteiger partial charge in [0, 0.05) is 19.2 Å². The molecule has 168 valence electrons. The van der Waals surface area contributed by atoms with Gasteiger partial charge in [0.15, 0.2) is 6.10 Å². The van der Waals surface area contributed by atoms with Crippen molar-refractivity contribution in [2.24, 2.45) is 0 Å². The van der Waals surface area contributed by atoms with E-state index >= 15 is 0 Å². The van der Waals surface area contributed by atoms with Crippen molar-refractivity contribution in [2.45, 2.75) is 44.9 Å². The number of carbonyl (C=O) groups is 3. The summed E-state index contributed by atoms with van der Waals surface area (Å²) >= 11 is 6.13. The highest BCUT2D eigenvalue weighted by Gasteiger charge is 2.47. The number of rotatable bonds is 6. The number of urea groups is 1. The maximum Gasteiger partial charge on any atom is 0.332 e. The summed E-state index contributed by atoms with van der Waals surface area (Å²) in [7, 11) is 0. The van der Waals surface area contributed by atoms with Crippen molar-refractivity contribution in [3.8, 4) is 5.75 Å². The van der Waals surface area contributed by atoms with E-state index in [0.717, 1.165) is 29.4 Å². The molecule has 2 aromatic rings. The van der Waals surface area contributed by atoms with Gasteiger partial charge in [0.25, 0.3) is 11.8 Å². The Morgan fingerprint density at radius 1 is 1.25 bits per heavy atom. The lowest BCUT2D eigenvalue weighted by Gasteiger charge is -2.26. The predicted molar refractivity (Wildman–Crippen MR) is 117 cm³/mol. The van der Waals surface area contributed by atoms with Gasteiger partial charge in [-0.2, -0.15) is 0 Å². The molecule has 0 aromatic heterocycles. The van der Waals surface area contributed by atoms with Gasteiger partial charge in [-0.1, -0.05) is 41.9 Å². The highest BCUT2D eigenvalue weighted by atomic mass is 35.5. The lowest BCUT2D eigenvalue weighted by atomic mass is 10.0. The lowest BCUT2D eigenvalue weighted by Crippen LogP contribution is -2.39. The maximum absolute atomic E-state index is 14.7. The largest absolute Gasteiger partial charge is 0.479 e. The average molecular weight is 460 g/mol. The molecule has 2 atom stereocenters. The fourth-order valence-corrected chi connectivity index (χ4v) is 4.16. The molecule has 7 nitrogen and oxygen atoms in total. The summed E-state index contributed by atoms with van der Waals surface area (Å²) in [6.45, 7) is 2.32. The number of ether oxygens (including phenoxy) is 1. The number of nitrogens with one attached hydrogen (secondary N) is 1. The molecule has 0 saturated carbocycles. The van der Waals surface area contributed by atoms with Crippen molar-refractivity contribution >= 4 is 35.1 Å². The van der Waals surface area contributed by atoms with E-state index in [-0.39, 0.29) is 22.4 Å². The number of benzene rings is 2. The van der Waals surface area contributed by atoms with Gasteiger partial charge in [-0.3, -0.25) is 9.59 Å². The van der Waals surface area contributed by atoms with Crippen LogP contribution < -0.4 is 15.0 Å². The topological polar surface area (TPSA) is 79.0 Å². The molecule has 1 N–H and O–H groups in total. The van der Waals surface area contributed by atoms with Crippen LogP contribution in [0.25, 0.3) is 0 Å². The molecule has 0 spiro atoms. The number of amides is 4. The summed E-state index contributed by atoms with van der Waals surface area (Å²) in [6, 6.07) is 10.4. The molecule has 2 aliphatic rings. The molecule has 2 fully saturated rings. The van der Waals surface area contributed by atoms with Gasteiger partial charge in [0.1, 0.15) is 17.6 Å². The zero-order valence-electron chi connectivity index (χ0n) is 17.5. The number of hydrogen-bond acceptors (Lipinski definition) is 4. The summed E-state index contributed by atoms with van der Waals surface area (Å²) in [5.74, 6) is -1.65. The van der Waals surface area contributed by atoms with Gasteiger partial charge in [-0.15, -0.1) is 0 Å². The molecular formula is C23H23ClFN3O4. The van der Waals surface area contributed by atoms with Crippen LogP contribution in [0, 0.1) is 5.82 Å². The second kappa shape index (κ2) is 9.16. The Morgan fingerprint density at radius 3 is 2.72 bits per heavy atom. The third kappa shape index (κ3) is 4.27. The first kappa shape index (κ1) is 22.1. The van der Waals surface area contributed by atoms with E-state index in [2.05, 4.69) is 5.32 Å². The number of halogens is 2. The van der Waals surface area contributed by atoms with E-state index in [4.69, 9.17) is 16.3 Å². The Bertz CT molecular complexity index is 1030. The van der Waals surface area contributed by atoms with Gasteiger partial charge in [-0.05, 0) is 37.8 Å². The summed E-state index contributed by atoms with van der Waals surface area (Å²) in [5.41, 5.74) is 0.698. The van der Waals surface area contributed by atoms with Crippen LogP contribution in [-0.2, 0) is 16.1 Å². The lowest BCUT2D eigenvalue weighted by molar-refractivity contribution is -0.127. The predicted octanol–water partition coefficient (Wildman–Crippen LogP) is 3.88. The van der Waals surface area contributed by atoms with E-state index in [1.165, 1.54) is 17.9 Å². The molecule has 2 aliphatic heterocycles. The third-order valence-corrected chi connectivity index (χ3v) is 5.97.